The zero-order valence-electron chi connectivity index (χ0n) is 13.6. The predicted octanol–water partition coefficient (Wildman–Crippen LogP) is 3.88. The molecule has 0 aliphatic carbocycles. The van der Waals surface area contributed by atoms with Crippen LogP contribution < -0.4 is 5.32 Å². The van der Waals surface area contributed by atoms with E-state index in [2.05, 4.69) is 41.5 Å². The van der Waals surface area contributed by atoms with Gasteiger partial charge < -0.3 is 10.3 Å². The van der Waals surface area contributed by atoms with E-state index in [1.807, 2.05) is 37.4 Å². The fraction of sp³-hybridized carbons (Fsp3) is 0.250. The molecule has 0 spiro atoms. The Morgan fingerprint density at radius 1 is 1.13 bits per heavy atom. The van der Waals surface area contributed by atoms with Gasteiger partial charge in [-0.05, 0) is 38.4 Å². The monoisotopic (exact) mass is 306 g/mol. The lowest BCUT2D eigenvalue weighted by Gasteiger charge is -2.12. The smallest absolute Gasteiger partial charge is 0.181 e. The first-order valence-corrected chi connectivity index (χ1v) is 8.04. The molecule has 0 radical (unpaired) electrons. The summed E-state index contributed by atoms with van der Waals surface area (Å²) in [6.07, 6.45) is 2.73. The molecular weight excluding hydrogens is 284 g/mol. The molecule has 0 aliphatic heterocycles. The molecule has 2 N–H and O–H groups in total. The highest BCUT2D eigenvalue weighted by atomic mass is 16.1. The van der Waals surface area contributed by atoms with Crippen LogP contribution in [-0.4, -0.2) is 23.4 Å². The number of Topliss-reactive ketones (excluding diaryl/α,β-unsaturated/α-hetero) is 1. The van der Waals surface area contributed by atoms with Crippen LogP contribution in [0.4, 0.5) is 0 Å². The van der Waals surface area contributed by atoms with E-state index in [1.54, 1.807) is 0 Å². The largest absolute Gasteiger partial charge is 0.360 e. The molecule has 23 heavy (non-hydrogen) atoms. The summed E-state index contributed by atoms with van der Waals surface area (Å²) < 4.78 is 0. The summed E-state index contributed by atoms with van der Waals surface area (Å²) in [5.41, 5.74) is 4.32. The number of aryl methyl sites for hydroxylation is 1. The molecule has 1 aromatic heterocycles. The number of aromatic nitrogens is 1. The van der Waals surface area contributed by atoms with Crippen molar-refractivity contribution >= 4 is 16.7 Å². The van der Waals surface area contributed by atoms with Gasteiger partial charge in [0.2, 0.25) is 0 Å². The highest BCUT2D eigenvalue weighted by Crippen LogP contribution is 2.19. The standard InChI is InChI=1S/C20H22N2O/c1-14-7-9-16(10-8-14)11-12-21-15(2)20(23)18-13-22-19-6-4-3-5-17(18)19/h3-10,13,15,21-22H,11-12H2,1-2H3/t15-/m1/s1. The number of hydrogen-bond acceptors (Lipinski definition) is 2. The summed E-state index contributed by atoms with van der Waals surface area (Å²) in [6.45, 7) is 4.81. The van der Waals surface area contributed by atoms with Gasteiger partial charge in [0.15, 0.2) is 5.78 Å². The van der Waals surface area contributed by atoms with Crippen LogP contribution in [0.15, 0.2) is 54.7 Å². The van der Waals surface area contributed by atoms with E-state index in [0.29, 0.717) is 0 Å². The second kappa shape index (κ2) is 6.80. The molecule has 3 heteroatoms. The molecule has 0 fully saturated rings. The van der Waals surface area contributed by atoms with Crippen LogP contribution in [0.5, 0.6) is 0 Å². The van der Waals surface area contributed by atoms with Crippen molar-refractivity contribution in [2.45, 2.75) is 26.3 Å². The van der Waals surface area contributed by atoms with Gasteiger partial charge in [0.1, 0.15) is 0 Å². The Morgan fingerprint density at radius 2 is 1.87 bits per heavy atom. The minimum absolute atomic E-state index is 0.131. The molecule has 3 nitrogen and oxygen atoms in total. The molecule has 1 atom stereocenters. The van der Waals surface area contributed by atoms with Gasteiger partial charge in [0.05, 0.1) is 6.04 Å². The molecule has 3 aromatic rings. The summed E-state index contributed by atoms with van der Waals surface area (Å²) in [7, 11) is 0. The summed E-state index contributed by atoms with van der Waals surface area (Å²) >= 11 is 0. The zero-order chi connectivity index (χ0) is 16.2. The minimum Gasteiger partial charge on any atom is -0.360 e. The molecule has 0 unspecified atom stereocenters. The summed E-state index contributed by atoms with van der Waals surface area (Å²) in [4.78, 5) is 15.8. The number of para-hydroxylation sites is 1. The van der Waals surface area contributed by atoms with E-state index < -0.39 is 0 Å². The fourth-order valence-corrected chi connectivity index (χ4v) is 2.79. The quantitative estimate of drug-likeness (QED) is 0.679. The number of carbonyl (C=O) groups excluding carboxylic acids is 1. The Kier molecular flexibility index (Phi) is 4.58. The van der Waals surface area contributed by atoms with E-state index >= 15 is 0 Å². The van der Waals surface area contributed by atoms with Crippen molar-refractivity contribution in [3.05, 3.63) is 71.4 Å². The van der Waals surface area contributed by atoms with Gasteiger partial charge in [-0.25, -0.2) is 0 Å². The third-order valence-electron chi connectivity index (χ3n) is 4.23. The Labute approximate surface area is 136 Å². The highest BCUT2D eigenvalue weighted by Gasteiger charge is 2.17. The van der Waals surface area contributed by atoms with Gasteiger partial charge in [-0.3, -0.25) is 4.79 Å². The van der Waals surface area contributed by atoms with Gasteiger partial charge in [-0.1, -0.05) is 48.0 Å². The van der Waals surface area contributed by atoms with Crippen LogP contribution in [0.25, 0.3) is 10.9 Å². The van der Waals surface area contributed by atoms with Crippen LogP contribution in [0.3, 0.4) is 0 Å². The average Bonchev–Trinajstić information content (AvgIpc) is 3.00. The first-order valence-electron chi connectivity index (χ1n) is 8.04. The number of nitrogens with one attached hydrogen (secondary N) is 2. The maximum absolute atomic E-state index is 12.6. The van der Waals surface area contributed by atoms with Crippen LogP contribution in [0, 0.1) is 6.92 Å². The Bertz CT molecular complexity index is 802. The summed E-state index contributed by atoms with van der Waals surface area (Å²) in [5.74, 6) is 0.131. The first-order chi connectivity index (χ1) is 11.1. The zero-order valence-corrected chi connectivity index (χ0v) is 13.6. The van der Waals surface area contributed by atoms with E-state index in [4.69, 9.17) is 0 Å². The lowest BCUT2D eigenvalue weighted by Crippen LogP contribution is -2.35. The average molecular weight is 306 g/mol. The third kappa shape index (κ3) is 3.51. The molecule has 1 heterocycles. The molecule has 0 bridgehead atoms. The summed E-state index contributed by atoms with van der Waals surface area (Å²) in [5, 5.41) is 4.33. The normalized spacial score (nSPS) is 12.4. The predicted molar refractivity (Wildman–Crippen MR) is 95.0 cm³/mol. The molecule has 0 aliphatic rings. The number of ketones is 1. The molecule has 118 valence electrons. The number of fused-ring (bicyclic) bond motifs is 1. The molecule has 2 aromatic carbocycles. The minimum atomic E-state index is -0.195. The number of H-pyrrole nitrogens is 1. The number of carbonyl (C=O) groups is 1. The van der Waals surface area contributed by atoms with Crippen molar-refractivity contribution in [2.75, 3.05) is 6.54 Å². The molecule has 0 amide bonds. The lowest BCUT2D eigenvalue weighted by atomic mass is 10.0. The number of benzene rings is 2. The van der Waals surface area contributed by atoms with Crippen LogP contribution >= 0.6 is 0 Å². The maximum atomic E-state index is 12.6. The van der Waals surface area contributed by atoms with E-state index in [0.717, 1.165) is 29.4 Å². The fourth-order valence-electron chi connectivity index (χ4n) is 2.79. The van der Waals surface area contributed by atoms with Crippen molar-refractivity contribution in [3.63, 3.8) is 0 Å². The lowest BCUT2D eigenvalue weighted by molar-refractivity contribution is 0.0953. The molecular formula is C20H22N2O. The topological polar surface area (TPSA) is 44.9 Å². The SMILES string of the molecule is Cc1ccc(CCN[C@H](C)C(=O)c2c[nH]c3ccccc23)cc1. The van der Waals surface area contributed by atoms with E-state index in [1.165, 1.54) is 11.1 Å². The van der Waals surface area contributed by atoms with Crippen LogP contribution in [-0.2, 0) is 6.42 Å². The van der Waals surface area contributed by atoms with Gasteiger partial charge in [0.25, 0.3) is 0 Å². The van der Waals surface area contributed by atoms with Crippen molar-refractivity contribution in [3.8, 4) is 0 Å². The van der Waals surface area contributed by atoms with E-state index in [-0.39, 0.29) is 11.8 Å². The number of hydrogen-bond donors (Lipinski definition) is 2. The van der Waals surface area contributed by atoms with Crippen molar-refractivity contribution < 1.29 is 4.79 Å². The Morgan fingerprint density at radius 3 is 2.65 bits per heavy atom. The van der Waals surface area contributed by atoms with Gasteiger partial charge in [-0.2, -0.15) is 0 Å². The second-order valence-corrected chi connectivity index (χ2v) is 6.02. The first kappa shape index (κ1) is 15.5. The Balaban J connectivity index is 1.60. The van der Waals surface area contributed by atoms with Crippen molar-refractivity contribution in [2.24, 2.45) is 0 Å². The van der Waals surface area contributed by atoms with Crippen LogP contribution in [0.1, 0.15) is 28.4 Å². The van der Waals surface area contributed by atoms with Crippen molar-refractivity contribution in [1.82, 2.24) is 10.3 Å². The number of rotatable bonds is 6. The number of aromatic amines is 1. The molecule has 0 saturated carbocycles. The van der Waals surface area contributed by atoms with Gasteiger partial charge in [-0.15, -0.1) is 0 Å². The third-order valence-corrected chi connectivity index (χ3v) is 4.23. The highest BCUT2D eigenvalue weighted by molar-refractivity contribution is 6.10. The van der Waals surface area contributed by atoms with Crippen molar-refractivity contribution in [1.29, 1.82) is 0 Å². The second-order valence-electron chi connectivity index (χ2n) is 6.02. The molecule has 0 saturated heterocycles. The maximum Gasteiger partial charge on any atom is 0.181 e. The summed E-state index contributed by atoms with van der Waals surface area (Å²) in [6, 6.07) is 16.2. The van der Waals surface area contributed by atoms with Gasteiger partial charge >= 0.3 is 0 Å². The van der Waals surface area contributed by atoms with Gasteiger partial charge in [0, 0.05) is 22.7 Å². The van der Waals surface area contributed by atoms with Crippen LogP contribution in [0.2, 0.25) is 0 Å². The molecule has 3 rings (SSSR count). The Hall–Kier alpha value is -2.39. The van der Waals surface area contributed by atoms with E-state index in [9.17, 15) is 4.79 Å².